The summed E-state index contributed by atoms with van der Waals surface area (Å²) in [5.41, 5.74) is 1.50. The highest BCUT2D eigenvalue weighted by molar-refractivity contribution is 6.07. The number of ether oxygens (including phenoxy) is 1. The van der Waals surface area contributed by atoms with Crippen LogP contribution in [0, 0.1) is 11.3 Å². The highest BCUT2D eigenvalue weighted by Crippen LogP contribution is 2.17. The number of Topliss-reactive ketones (excluding diaryl/α,β-unsaturated/α-hetero) is 1. The van der Waals surface area contributed by atoms with Gasteiger partial charge in [-0.05, 0) is 31.2 Å². The van der Waals surface area contributed by atoms with E-state index < -0.39 is 5.91 Å². The van der Waals surface area contributed by atoms with E-state index in [0.29, 0.717) is 22.7 Å². The SMILES string of the molecule is COc1cccc(N/C=C(/C#N)C(=O)Nc2cccc(C(C)=O)c2)c1. The quantitative estimate of drug-likeness (QED) is 0.480. The number of hydrogen-bond acceptors (Lipinski definition) is 5. The van der Waals surface area contributed by atoms with Crippen LogP contribution in [-0.4, -0.2) is 18.8 Å². The molecule has 2 rings (SSSR count). The Labute approximate surface area is 145 Å². The first-order chi connectivity index (χ1) is 12.0. The molecule has 1 amide bonds. The van der Waals surface area contributed by atoms with Gasteiger partial charge in [0.2, 0.25) is 0 Å². The second-order valence-electron chi connectivity index (χ2n) is 5.14. The van der Waals surface area contributed by atoms with Crippen LogP contribution in [0.2, 0.25) is 0 Å². The van der Waals surface area contributed by atoms with Gasteiger partial charge >= 0.3 is 0 Å². The van der Waals surface area contributed by atoms with Gasteiger partial charge in [0, 0.05) is 29.2 Å². The van der Waals surface area contributed by atoms with Crippen LogP contribution < -0.4 is 15.4 Å². The highest BCUT2D eigenvalue weighted by Gasteiger charge is 2.10. The fourth-order valence-corrected chi connectivity index (χ4v) is 2.03. The second kappa shape index (κ2) is 8.31. The molecule has 0 atom stereocenters. The van der Waals surface area contributed by atoms with Gasteiger partial charge in [0.05, 0.1) is 7.11 Å². The minimum Gasteiger partial charge on any atom is -0.497 e. The fourth-order valence-electron chi connectivity index (χ4n) is 2.03. The Kier molecular flexibility index (Phi) is 5.91. The summed E-state index contributed by atoms with van der Waals surface area (Å²) < 4.78 is 5.11. The summed E-state index contributed by atoms with van der Waals surface area (Å²) in [6, 6.07) is 15.5. The second-order valence-corrected chi connectivity index (χ2v) is 5.14. The zero-order valence-electron chi connectivity index (χ0n) is 13.9. The third kappa shape index (κ3) is 4.94. The van der Waals surface area contributed by atoms with Crippen LogP contribution in [0.25, 0.3) is 0 Å². The maximum Gasteiger partial charge on any atom is 0.267 e. The molecule has 2 N–H and O–H groups in total. The molecule has 0 fully saturated rings. The summed E-state index contributed by atoms with van der Waals surface area (Å²) in [7, 11) is 1.55. The topological polar surface area (TPSA) is 91.2 Å². The zero-order chi connectivity index (χ0) is 18.2. The summed E-state index contributed by atoms with van der Waals surface area (Å²) >= 11 is 0. The van der Waals surface area contributed by atoms with Crippen LogP contribution in [0.15, 0.2) is 60.3 Å². The van der Waals surface area contributed by atoms with Crippen molar-refractivity contribution in [3.63, 3.8) is 0 Å². The van der Waals surface area contributed by atoms with Crippen LogP contribution in [0.5, 0.6) is 5.75 Å². The Balaban J connectivity index is 2.11. The smallest absolute Gasteiger partial charge is 0.267 e. The van der Waals surface area contributed by atoms with Gasteiger partial charge < -0.3 is 15.4 Å². The lowest BCUT2D eigenvalue weighted by Crippen LogP contribution is -2.14. The molecule has 0 aliphatic rings. The molecule has 2 aromatic carbocycles. The highest BCUT2D eigenvalue weighted by atomic mass is 16.5. The molecular formula is C19H17N3O3. The maximum atomic E-state index is 12.2. The first-order valence-corrected chi connectivity index (χ1v) is 7.46. The normalized spacial score (nSPS) is 10.5. The number of nitrogens with zero attached hydrogens (tertiary/aromatic N) is 1. The minimum absolute atomic E-state index is 0.101. The number of amides is 1. The molecule has 25 heavy (non-hydrogen) atoms. The lowest BCUT2D eigenvalue weighted by Gasteiger charge is -2.07. The molecule has 0 aromatic heterocycles. The van der Waals surface area contributed by atoms with Crippen LogP contribution >= 0.6 is 0 Å². The predicted octanol–water partition coefficient (Wildman–Crippen LogP) is 3.36. The van der Waals surface area contributed by atoms with E-state index in [2.05, 4.69) is 10.6 Å². The number of anilines is 2. The molecule has 0 saturated carbocycles. The lowest BCUT2D eigenvalue weighted by molar-refractivity contribution is -0.112. The van der Waals surface area contributed by atoms with E-state index in [-0.39, 0.29) is 11.4 Å². The van der Waals surface area contributed by atoms with Crippen LogP contribution in [-0.2, 0) is 4.79 Å². The van der Waals surface area contributed by atoms with Crippen molar-refractivity contribution < 1.29 is 14.3 Å². The monoisotopic (exact) mass is 335 g/mol. The third-order valence-electron chi connectivity index (χ3n) is 3.34. The van der Waals surface area contributed by atoms with Gasteiger partial charge in [-0.15, -0.1) is 0 Å². The van der Waals surface area contributed by atoms with Crippen LogP contribution in [0.1, 0.15) is 17.3 Å². The molecule has 0 bridgehead atoms. The van der Waals surface area contributed by atoms with Gasteiger partial charge in [-0.1, -0.05) is 18.2 Å². The summed E-state index contributed by atoms with van der Waals surface area (Å²) in [5.74, 6) is -0.0205. The van der Waals surface area contributed by atoms with Crippen molar-refractivity contribution >= 4 is 23.1 Å². The Morgan fingerprint density at radius 3 is 2.52 bits per heavy atom. The number of carbonyl (C=O) groups is 2. The van der Waals surface area contributed by atoms with E-state index >= 15 is 0 Å². The first-order valence-electron chi connectivity index (χ1n) is 7.46. The molecule has 0 saturated heterocycles. The number of nitrogens with one attached hydrogen (secondary N) is 2. The standard InChI is InChI=1S/C19H17N3O3/c1-13(23)14-5-3-7-17(9-14)22-19(24)15(11-20)12-21-16-6-4-8-18(10-16)25-2/h3-10,12,21H,1-2H3,(H,22,24)/b15-12-. The van der Waals surface area contributed by atoms with Crippen molar-refractivity contribution in [3.8, 4) is 11.8 Å². The van der Waals surface area contributed by atoms with Gasteiger partial charge in [-0.25, -0.2) is 0 Å². The number of benzene rings is 2. The fraction of sp³-hybridized carbons (Fsp3) is 0.105. The van der Waals surface area contributed by atoms with E-state index in [1.165, 1.54) is 13.1 Å². The van der Waals surface area contributed by atoms with Crippen molar-refractivity contribution in [2.24, 2.45) is 0 Å². The lowest BCUT2D eigenvalue weighted by atomic mass is 10.1. The Morgan fingerprint density at radius 1 is 1.12 bits per heavy atom. The molecule has 0 radical (unpaired) electrons. The van der Waals surface area contributed by atoms with Crippen molar-refractivity contribution in [2.45, 2.75) is 6.92 Å². The molecule has 0 aliphatic heterocycles. The number of hydrogen-bond donors (Lipinski definition) is 2. The number of methoxy groups -OCH3 is 1. The van der Waals surface area contributed by atoms with Crippen molar-refractivity contribution in [2.75, 3.05) is 17.7 Å². The van der Waals surface area contributed by atoms with E-state index in [0.717, 1.165) is 0 Å². The number of nitriles is 1. The average molecular weight is 335 g/mol. The summed E-state index contributed by atoms with van der Waals surface area (Å²) in [5, 5.41) is 14.7. The average Bonchev–Trinajstić information content (AvgIpc) is 2.62. The van der Waals surface area contributed by atoms with Crippen molar-refractivity contribution in [1.29, 1.82) is 5.26 Å². The Morgan fingerprint density at radius 2 is 1.84 bits per heavy atom. The van der Waals surface area contributed by atoms with Gasteiger partial charge in [-0.3, -0.25) is 9.59 Å². The van der Waals surface area contributed by atoms with Gasteiger partial charge in [0.1, 0.15) is 17.4 Å². The Hall–Kier alpha value is -3.59. The minimum atomic E-state index is -0.571. The van der Waals surface area contributed by atoms with E-state index in [4.69, 9.17) is 4.74 Å². The van der Waals surface area contributed by atoms with Crippen LogP contribution in [0.4, 0.5) is 11.4 Å². The molecule has 6 heteroatoms. The Bertz CT molecular complexity index is 866. The first kappa shape index (κ1) is 17.8. The molecule has 2 aromatic rings. The van der Waals surface area contributed by atoms with Crippen molar-refractivity contribution in [3.05, 3.63) is 65.9 Å². The van der Waals surface area contributed by atoms with E-state index in [9.17, 15) is 14.9 Å². The van der Waals surface area contributed by atoms with E-state index in [1.54, 1.807) is 55.6 Å². The van der Waals surface area contributed by atoms with E-state index in [1.807, 2.05) is 6.07 Å². The molecule has 6 nitrogen and oxygen atoms in total. The van der Waals surface area contributed by atoms with Gasteiger partial charge in [0.15, 0.2) is 5.78 Å². The molecule has 0 spiro atoms. The maximum absolute atomic E-state index is 12.2. The number of rotatable bonds is 6. The van der Waals surface area contributed by atoms with Crippen molar-refractivity contribution in [1.82, 2.24) is 0 Å². The summed E-state index contributed by atoms with van der Waals surface area (Å²) in [6.07, 6.45) is 1.32. The third-order valence-corrected chi connectivity index (χ3v) is 3.34. The van der Waals surface area contributed by atoms with Crippen LogP contribution in [0.3, 0.4) is 0 Å². The number of ketones is 1. The molecular weight excluding hydrogens is 318 g/mol. The molecule has 126 valence electrons. The summed E-state index contributed by atoms with van der Waals surface area (Å²) in [6.45, 7) is 1.44. The molecule has 0 aliphatic carbocycles. The van der Waals surface area contributed by atoms with Gasteiger partial charge in [-0.2, -0.15) is 5.26 Å². The largest absolute Gasteiger partial charge is 0.497 e. The van der Waals surface area contributed by atoms with Gasteiger partial charge in [0.25, 0.3) is 5.91 Å². The molecule has 0 heterocycles. The summed E-state index contributed by atoms with van der Waals surface area (Å²) in [4.78, 5) is 23.6. The molecule has 0 unspecified atom stereocenters. The predicted molar refractivity (Wildman–Crippen MR) is 95.4 cm³/mol. The zero-order valence-corrected chi connectivity index (χ0v) is 13.9. The number of carbonyl (C=O) groups excluding carboxylic acids is 2.